The molecule has 0 heterocycles. The first-order chi connectivity index (χ1) is 9.81. The molecule has 0 saturated heterocycles. The van der Waals surface area contributed by atoms with Crippen LogP contribution in [0.15, 0.2) is 18.2 Å². The quantitative estimate of drug-likeness (QED) is 0.774. The molecule has 0 amide bonds. The second-order valence-corrected chi connectivity index (χ2v) is 6.40. The lowest BCUT2D eigenvalue weighted by Crippen LogP contribution is -2.35. The summed E-state index contributed by atoms with van der Waals surface area (Å²) in [5.74, 6) is 1.97. The molecule has 0 bridgehead atoms. The lowest BCUT2D eigenvalue weighted by atomic mass is 9.81. The van der Waals surface area contributed by atoms with Crippen molar-refractivity contribution < 1.29 is 14.6 Å². The standard InChI is InChI=1S/C17H29NO3/c1-12(2)17(3,4)11-18-10-15(19)14-9-13(20-5)7-8-16(14)21-6/h7-9,12,15,18-19H,10-11H2,1-6H3. The van der Waals surface area contributed by atoms with E-state index in [1.165, 1.54) is 0 Å². The van der Waals surface area contributed by atoms with Crippen molar-refractivity contribution in [1.29, 1.82) is 0 Å². The second-order valence-electron chi connectivity index (χ2n) is 6.40. The molecule has 0 spiro atoms. The molecule has 1 unspecified atom stereocenters. The van der Waals surface area contributed by atoms with Gasteiger partial charge in [-0.1, -0.05) is 27.7 Å². The van der Waals surface area contributed by atoms with E-state index in [1.54, 1.807) is 14.2 Å². The Hall–Kier alpha value is -1.26. The highest BCUT2D eigenvalue weighted by Gasteiger charge is 2.22. The maximum atomic E-state index is 10.4. The fourth-order valence-electron chi connectivity index (χ4n) is 1.94. The van der Waals surface area contributed by atoms with Crippen molar-refractivity contribution in [3.8, 4) is 11.5 Å². The third-order valence-corrected chi connectivity index (χ3v) is 4.28. The van der Waals surface area contributed by atoms with Crippen molar-refractivity contribution >= 4 is 0 Å². The predicted molar refractivity (Wildman–Crippen MR) is 86.0 cm³/mol. The summed E-state index contributed by atoms with van der Waals surface area (Å²) in [5, 5.41) is 13.7. The average Bonchev–Trinajstić information content (AvgIpc) is 2.45. The number of hydrogen-bond acceptors (Lipinski definition) is 4. The fourth-order valence-corrected chi connectivity index (χ4v) is 1.94. The summed E-state index contributed by atoms with van der Waals surface area (Å²) in [6.07, 6.45) is -0.627. The molecule has 0 aliphatic carbocycles. The van der Waals surface area contributed by atoms with E-state index >= 15 is 0 Å². The van der Waals surface area contributed by atoms with E-state index in [0.717, 1.165) is 12.1 Å². The molecule has 0 radical (unpaired) electrons. The van der Waals surface area contributed by atoms with E-state index in [1.807, 2.05) is 18.2 Å². The average molecular weight is 295 g/mol. The normalized spacial score (nSPS) is 13.3. The Bertz CT molecular complexity index is 444. The van der Waals surface area contributed by atoms with Crippen LogP contribution in [-0.4, -0.2) is 32.4 Å². The van der Waals surface area contributed by atoms with Gasteiger partial charge in [-0.3, -0.25) is 0 Å². The molecule has 1 atom stereocenters. The third kappa shape index (κ3) is 4.90. The van der Waals surface area contributed by atoms with Crippen LogP contribution in [0.1, 0.15) is 39.4 Å². The molecule has 2 N–H and O–H groups in total. The summed E-state index contributed by atoms with van der Waals surface area (Å²) < 4.78 is 10.5. The topological polar surface area (TPSA) is 50.7 Å². The Labute approximate surface area is 128 Å². The van der Waals surface area contributed by atoms with Crippen molar-refractivity contribution in [3.63, 3.8) is 0 Å². The minimum Gasteiger partial charge on any atom is -0.497 e. The maximum Gasteiger partial charge on any atom is 0.124 e. The van der Waals surface area contributed by atoms with Gasteiger partial charge >= 0.3 is 0 Å². The van der Waals surface area contributed by atoms with Gasteiger partial charge in [0.25, 0.3) is 0 Å². The second kappa shape index (κ2) is 7.66. The van der Waals surface area contributed by atoms with Crippen LogP contribution in [0.5, 0.6) is 11.5 Å². The van der Waals surface area contributed by atoms with Crippen LogP contribution in [-0.2, 0) is 0 Å². The van der Waals surface area contributed by atoms with Crippen LogP contribution in [0.2, 0.25) is 0 Å². The summed E-state index contributed by atoms with van der Waals surface area (Å²) >= 11 is 0. The number of aliphatic hydroxyl groups is 1. The molecule has 1 aromatic rings. The predicted octanol–water partition coefficient (Wildman–Crippen LogP) is 3.01. The van der Waals surface area contributed by atoms with Crippen molar-refractivity contribution in [3.05, 3.63) is 23.8 Å². The van der Waals surface area contributed by atoms with E-state index < -0.39 is 6.10 Å². The molecule has 0 saturated carbocycles. The zero-order valence-corrected chi connectivity index (χ0v) is 14.1. The first-order valence-corrected chi connectivity index (χ1v) is 7.42. The number of rotatable bonds is 8. The summed E-state index contributed by atoms with van der Waals surface area (Å²) in [6, 6.07) is 5.46. The summed E-state index contributed by atoms with van der Waals surface area (Å²) in [6.45, 7) is 10.2. The molecule has 4 heteroatoms. The van der Waals surface area contributed by atoms with Gasteiger partial charge in [0.1, 0.15) is 11.5 Å². The van der Waals surface area contributed by atoms with Crippen molar-refractivity contribution in [2.24, 2.45) is 11.3 Å². The van der Waals surface area contributed by atoms with Gasteiger partial charge in [-0.25, -0.2) is 0 Å². The van der Waals surface area contributed by atoms with Crippen LogP contribution in [0.3, 0.4) is 0 Å². The van der Waals surface area contributed by atoms with Crippen LogP contribution in [0.4, 0.5) is 0 Å². The van der Waals surface area contributed by atoms with Gasteiger partial charge in [-0.2, -0.15) is 0 Å². The number of nitrogens with one attached hydrogen (secondary N) is 1. The highest BCUT2D eigenvalue weighted by atomic mass is 16.5. The van der Waals surface area contributed by atoms with E-state index in [4.69, 9.17) is 9.47 Å². The summed E-state index contributed by atoms with van der Waals surface area (Å²) in [7, 11) is 3.22. The van der Waals surface area contributed by atoms with E-state index in [2.05, 4.69) is 33.0 Å². The van der Waals surface area contributed by atoms with Gasteiger partial charge in [0.2, 0.25) is 0 Å². The van der Waals surface area contributed by atoms with Gasteiger partial charge in [0, 0.05) is 18.7 Å². The maximum absolute atomic E-state index is 10.4. The van der Waals surface area contributed by atoms with Crippen molar-refractivity contribution in [2.75, 3.05) is 27.3 Å². The highest BCUT2D eigenvalue weighted by Crippen LogP contribution is 2.29. The summed E-state index contributed by atoms with van der Waals surface area (Å²) in [5.41, 5.74) is 0.935. The lowest BCUT2D eigenvalue weighted by molar-refractivity contribution is 0.157. The van der Waals surface area contributed by atoms with Gasteiger partial charge < -0.3 is 19.9 Å². The van der Waals surface area contributed by atoms with Crippen molar-refractivity contribution in [1.82, 2.24) is 5.32 Å². The molecule has 0 aliphatic heterocycles. The molecular weight excluding hydrogens is 266 g/mol. The molecule has 120 valence electrons. The first kappa shape index (κ1) is 17.8. The van der Waals surface area contributed by atoms with Gasteiger partial charge in [-0.05, 0) is 29.5 Å². The number of benzene rings is 1. The molecule has 0 fully saturated rings. The first-order valence-electron chi connectivity index (χ1n) is 7.42. The zero-order chi connectivity index (χ0) is 16.0. The fraction of sp³-hybridized carbons (Fsp3) is 0.647. The number of aliphatic hydroxyl groups excluding tert-OH is 1. The van der Waals surface area contributed by atoms with Crippen LogP contribution in [0.25, 0.3) is 0 Å². The van der Waals surface area contributed by atoms with Crippen molar-refractivity contribution in [2.45, 2.75) is 33.8 Å². The Morgan fingerprint density at radius 1 is 1.19 bits per heavy atom. The minimum absolute atomic E-state index is 0.193. The third-order valence-electron chi connectivity index (χ3n) is 4.28. The van der Waals surface area contributed by atoms with Crippen LogP contribution >= 0.6 is 0 Å². The van der Waals surface area contributed by atoms with E-state index in [0.29, 0.717) is 24.0 Å². The Morgan fingerprint density at radius 2 is 1.86 bits per heavy atom. The highest BCUT2D eigenvalue weighted by molar-refractivity contribution is 5.41. The molecular formula is C17H29NO3. The van der Waals surface area contributed by atoms with E-state index in [9.17, 15) is 5.11 Å². The smallest absolute Gasteiger partial charge is 0.124 e. The lowest BCUT2D eigenvalue weighted by Gasteiger charge is -2.30. The Balaban J connectivity index is 2.69. The largest absolute Gasteiger partial charge is 0.497 e. The Morgan fingerprint density at radius 3 is 2.38 bits per heavy atom. The molecule has 1 rings (SSSR count). The zero-order valence-electron chi connectivity index (χ0n) is 14.1. The Kier molecular flexibility index (Phi) is 6.49. The number of hydrogen-bond donors (Lipinski definition) is 2. The number of ether oxygens (including phenoxy) is 2. The van der Waals surface area contributed by atoms with Gasteiger partial charge in [0.15, 0.2) is 0 Å². The molecule has 4 nitrogen and oxygen atoms in total. The monoisotopic (exact) mass is 295 g/mol. The molecule has 0 aromatic heterocycles. The molecule has 0 aliphatic rings. The summed E-state index contributed by atoms with van der Waals surface area (Å²) in [4.78, 5) is 0. The SMILES string of the molecule is COc1ccc(OC)c(C(O)CNCC(C)(C)C(C)C)c1. The van der Waals surface area contributed by atoms with Gasteiger partial charge in [0.05, 0.1) is 20.3 Å². The van der Waals surface area contributed by atoms with E-state index in [-0.39, 0.29) is 5.41 Å². The minimum atomic E-state index is -0.627. The number of methoxy groups -OCH3 is 2. The van der Waals surface area contributed by atoms with Gasteiger partial charge in [-0.15, -0.1) is 0 Å². The van der Waals surface area contributed by atoms with Crippen LogP contribution in [0, 0.1) is 11.3 Å². The molecule has 21 heavy (non-hydrogen) atoms. The van der Waals surface area contributed by atoms with Crippen LogP contribution < -0.4 is 14.8 Å². The molecule has 1 aromatic carbocycles.